The molecule has 19 heavy (non-hydrogen) atoms. The van der Waals surface area contributed by atoms with Gasteiger partial charge in [0.05, 0.1) is 13.2 Å². The summed E-state index contributed by atoms with van der Waals surface area (Å²) in [5.41, 5.74) is 0.524. The van der Waals surface area contributed by atoms with E-state index in [2.05, 4.69) is 11.9 Å². The van der Waals surface area contributed by atoms with Crippen molar-refractivity contribution in [3.8, 4) is 0 Å². The lowest BCUT2D eigenvalue weighted by Crippen LogP contribution is -2.51. The second-order valence-electron chi connectivity index (χ2n) is 7.39. The molecule has 0 aliphatic heterocycles. The molecule has 0 aromatic rings. The molecule has 0 saturated heterocycles. The third-order valence-corrected chi connectivity index (χ3v) is 5.47. The summed E-state index contributed by atoms with van der Waals surface area (Å²) in [6.07, 6.45) is 8.69. The van der Waals surface area contributed by atoms with Crippen molar-refractivity contribution < 1.29 is 9.53 Å². The van der Waals surface area contributed by atoms with Crippen molar-refractivity contribution in [3.05, 3.63) is 0 Å². The van der Waals surface area contributed by atoms with E-state index in [1.807, 2.05) is 6.92 Å². The fraction of sp³-hybridized carbons (Fsp3) is 0.938. The van der Waals surface area contributed by atoms with E-state index in [0.29, 0.717) is 18.6 Å². The number of esters is 1. The first kappa shape index (κ1) is 13.4. The highest BCUT2D eigenvalue weighted by molar-refractivity contribution is 5.71. The molecule has 3 heteroatoms. The molecule has 4 saturated carbocycles. The van der Waals surface area contributed by atoms with E-state index >= 15 is 0 Å². The van der Waals surface area contributed by atoms with Gasteiger partial charge in [-0.1, -0.05) is 0 Å². The molecule has 0 N–H and O–H groups in total. The maximum atomic E-state index is 11.6. The monoisotopic (exact) mass is 265 g/mol. The van der Waals surface area contributed by atoms with Crippen LogP contribution in [0.4, 0.5) is 0 Å². The van der Waals surface area contributed by atoms with Crippen molar-refractivity contribution in [2.45, 2.75) is 45.4 Å². The fourth-order valence-electron chi connectivity index (χ4n) is 5.54. The molecule has 108 valence electrons. The van der Waals surface area contributed by atoms with E-state index in [1.165, 1.54) is 38.5 Å². The minimum atomic E-state index is -0.0743. The summed E-state index contributed by atoms with van der Waals surface area (Å²) >= 11 is 0. The predicted molar refractivity (Wildman–Crippen MR) is 74.7 cm³/mol. The van der Waals surface area contributed by atoms with Gasteiger partial charge in [-0.05, 0) is 75.7 Å². The number of carbonyl (C=O) groups is 1. The summed E-state index contributed by atoms with van der Waals surface area (Å²) < 4.78 is 5.05. The van der Waals surface area contributed by atoms with Crippen molar-refractivity contribution in [3.63, 3.8) is 0 Å². The molecule has 4 rings (SSSR count). The maximum Gasteiger partial charge on any atom is 0.320 e. The largest absolute Gasteiger partial charge is 0.465 e. The van der Waals surface area contributed by atoms with E-state index in [4.69, 9.17) is 4.74 Å². The number of carbonyl (C=O) groups excluding carboxylic acids is 1. The molecule has 0 atom stereocenters. The molecular formula is C16H27NO2. The summed E-state index contributed by atoms with van der Waals surface area (Å²) in [6.45, 7) is 3.91. The number of ether oxygens (including phenoxy) is 1. The average Bonchev–Trinajstić information content (AvgIpc) is 2.25. The molecule has 0 aromatic heterocycles. The third kappa shape index (κ3) is 2.81. The first-order valence-electron chi connectivity index (χ1n) is 7.93. The van der Waals surface area contributed by atoms with Crippen LogP contribution in [0.15, 0.2) is 0 Å². The number of hydrogen-bond donors (Lipinski definition) is 0. The first-order chi connectivity index (χ1) is 9.08. The van der Waals surface area contributed by atoms with Gasteiger partial charge in [-0.2, -0.15) is 0 Å². The van der Waals surface area contributed by atoms with Gasteiger partial charge in [0.2, 0.25) is 0 Å². The van der Waals surface area contributed by atoms with Crippen LogP contribution in [0.2, 0.25) is 0 Å². The quantitative estimate of drug-likeness (QED) is 0.716. The van der Waals surface area contributed by atoms with Crippen LogP contribution < -0.4 is 0 Å². The van der Waals surface area contributed by atoms with Gasteiger partial charge in [-0.15, -0.1) is 0 Å². The summed E-state index contributed by atoms with van der Waals surface area (Å²) in [5.74, 6) is 2.89. The minimum Gasteiger partial charge on any atom is -0.465 e. The van der Waals surface area contributed by atoms with Gasteiger partial charge in [-0.3, -0.25) is 9.69 Å². The van der Waals surface area contributed by atoms with E-state index < -0.39 is 0 Å². The second kappa shape index (κ2) is 5.08. The highest BCUT2D eigenvalue weighted by atomic mass is 16.5. The van der Waals surface area contributed by atoms with E-state index in [-0.39, 0.29) is 5.97 Å². The Labute approximate surface area is 116 Å². The van der Waals surface area contributed by atoms with Crippen LogP contribution in [0.5, 0.6) is 0 Å². The first-order valence-corrected chi connectivity index (χ1v) is 7.93. The lowest BCUT2D eigenvalue weighted by molar-refractivity contribution is -0.145. The molecule has 4 aliphatic rings. The van der Waals surface area contributed by atoms with Crippen molar-refractivity contribution >= 4 is 5.97 Å². The molecule has 4 fully saturated rings. The van der Waals surface area contributed by atoms with Gasteiger partial charge in [0.1, 0.15) is 0 Å². The van der Waals surface area contributed by atoms with E-state index in [1.54, 1.807) is 0 Å². The normalized spacial score (nSPS) is 39.8. The lowest BCUT2D eigenvalue weighted by atomic mass is 9.49. The van der Waals surface area contributed by atoms with Crippen molar-refractivity contribution in [1.29, 1.82) is 0 Å². The number of hydrogen-bond acceptors (Lipinski definition) is 3. The lowest BCUT2D eigenvalue weighted by Gasteiger charge is -2.57. The van der Waals surface area contributed by atoms with Crippen LogP contribution >= 0.6 is 0 Å². The summed E-state index contributed by atoms with van der Waals surface area (Å²) in [7, 11) is 2.08. The van der Waals surface area contributed by atoms with Crippen molar-refractivity contribution in [2.75, 3.05) is 26.7 Å². The van der Waals surface area contributed by atoms with Gasteiger partial charge in [0.25, 0.3) is 0 Å². The summed E-state index contributed by atoms with van der Waals surface area (Å²) in [4.78, 5) is 13.8. The Morgan fingerprint density at radius 1 is 1.16 bits per heavy atom. The topological polar surface area (TPSA) is 29.5 Å². The number of rotatable bonds is 5. The van der Waals surface area contributed by atoms with Crippen LogP contribution in [-0.2, 0) is 9.53 Å². The average molecular weight is 265 g/mol. The van der Waals surface area contributed by atoms with Crippen molar-refractivity contribution in [1.82, 2.24) is 4.90 Å². The van der Waals surface area contributed by atoms with Crippen LogP contribution in [0.25, 0.3) is 0 Å². The molecule has 4 bridgehead atoms. The van der Waals surface area contributed by atoms with Gasteiger partial charge in [-0.25, -0.2) is 0 Å². The van der Waals surface area contributed by atoms with Crippen LogP contribution in [0, 0.1) is 23.2 Å². The molecular weight excluding hydrogens is 238 g/mol. The molecule has 0 radical (unpaired) electrons. The second-order valence-corrected chi connectivity index (χ2v) is 7.39. The molecule has 0 unspecified atom stereocenters. The smallest absolute Gasteiger partial charge is 0.320 e. The van der Waals surface area contributed by atoms with E-state index in [0.717, 1.165) is 24.3 Å². The van der Waals surface area contributed by atoms with Crippen molar-refractivity contribution in [2.24, 2.45) is 23.2 Å². The molecule has 0 amide bonds. The standard InChI is InChI=1S/C16H27NO2/c1-3-19-15(18)10-17(2)11-16-7-12-4-13(8-16)6-14(5-12)9-16/h12-14H,3-11H2,1-2H3. The third-order valence-electron chi connectivity index (χ3n) is 5.47. The molecule has 0 aromatic carbocycles. The van der Waals surface area contributed by atoms with Crippen LogP contribution in [-0.4, -0.2) is 37.6 Å². The summed E-state index contributed by atoms with van der Waals surface area (Å²) in [5, 5.41) is 0. The van der Waals surface area contributed by atoms with Gasteiger partial charge in [0, 0.05) is 6.54 Å². The number of likely N-dealkylation sites (N-methyl/N-ethyl adjacent to an activating group) is 1. The Bertz CT molecular complexity index is 317. The summed E-state index contributed by atoms with van der Waals surface area (Å²) in [6, 6.07) is 0. The molecule has 4 aliphatic carbocycles. The Kier molecular flexibility index (Phi) is 3.59. The zero-order valence-corrected chi connectivity index (χ0v) is 12.4. The zero-order valence-electron chi connectivity index (χ0n) is 12.4. The highest BCUT2D eigenvalue weighted by Crippen LogP contribution is 2.60. The molecule has 0 heterocycles. The predicted octanol–water partition coefficient (Wildman–Crippen LogP) is 2.70. The fourth-order valence-corrected chi connectivity index (χ4v) is 5.54. The zero-order chi connectivity index (χ0) is 13.5. The highest BCUT2D eigenvalue weighted by Gasteiger charge is 2.51. The van der Waals surface area contributed by atoms with Gasteiger partial charge in [0.15, 0.2) is 0 Å². The Hall–Kier alpha value is -0.570. The Balaban J connectivity index is 1.58. The Morgan fingerprint density at radius 2 is 1.68 bits per heavy atom. The maximum absolute atomic E-state index is 11.6. The number of nitrogens with zero attached hydrogens (tertiary/aromatic N) is 1. The molecule has 3 nitrogen and oxygen atoms in total. The Morgan fingerprint density at radius 3 is 2.16 bits per heavy atom. The van der Waals surface area contributed by atoms with E-state index in [9.17, 15) is 4.79 Å². The van der Waals surface area contributed by atoms with Crippen LogP contribution in [0.1, 0.15) is 45.4 Å². The van der Waals surface area contributed by atoms with Gasteiger partial charge < -0.3 is 4.74 Å². The van der Waals surface area contributed by atoms with Gasteiger partial charge >= 0.3 is 5.97 Å². The minimum absolute atomic E-state index is 0.0743. The SMILES string of the molecule is CCOC(=O)CN(C)CC12CC3CC(CC(C3)C1)C2. The van der Waals surface area contributed by atoms with Crippen LogP contribution in [0.3, 0.4) is 0 Å². The molecule has 0 spiro atoms.